The molecule has 1 atom stereocenters. The summed E-state index contributed by atoms with van der Waals surface area (Å²) in [5.74, 6) is -1.06. The summed E-state index contributed by atoms with van der Waals surface area (Å²) in [5.41, 5.74) is 0.455. The minimum absolute atomic E-state index is 0.0405. The van der Waals surface area contributed by atoms with E-state index in [-0.39, 0.29) is 22.8 Å². The molecule has 3 N–H and O–H groups in total. The Morgan fingerprint density at radius 2 is 1.78 bits per heavy atom. The zero-order valence-corrected chi connectivity index (χ0v) is 12.8. The Bertz CT molecular complexity index is 710. The fourth-order valence-corrected chi connectivity index (χ4v) is 2.29. The number of carbonyl (C=O) groups excluding carboxylic acids is 1. The third kappa shape index (κ3) is 3.37. The van der Waals surface area contributed by atoms with Gasteiger partial charge in [0.15, 0.2) is 17.3 Å². The van der Waals surface area contributed by atoms with Crippen LogP contribution in [0.5, 0.6) is 23.0 Å². The molecule has 0 aliphatic rings. The number of methoxy groups -OCH3 is 2. The van der Waals surface area contributed by atoms with Crippen molar-refractivity contribution < 1.29 is 29.6 Å². The van der Waals surface area contributed by atoms with Crippen LogP contribution < -0.4 is 9.47 Å². The lowest BCUT2D eigenvalue weighted by Crippen LogP contribution is -2.17. The second-order valence-corrected chi connectivity index (χ2v) is 4.91. The van der Waals surface area contributed by atoms with Gasteiger partial charge in [0.05, 0.1) is 32.3 Å². The molecule has 0 unspecified atom stereocenters. The fourth-order valence-electron chi connectivity index (χ4n) is 2.29. The Balaban J connectivity index is 2.41. The number of phenolic OH excluding ortho intramolecular Hbond substituents is 2. The molecule has 0 fully saturated rings. The Morgan fingerprint density at radius 3 is 2.35 bits per heavy atom. The summed E-state index contributed by atoms with van der Waals surface area (Å²) in [6.07, 6.45) is 0. The van der Waals surface area contributed by atoms with Gasteiger partial charge in [-0.05, 0) is 35.9 Å². The highest BCUT2D eigenvalue weighted by atomic mass is 16.5. The van der Waals surface area contributed by atoms with Crippen LogP contribution in [0.3, 0.4) is 0 Å². The van der Waals surface area contributed by atoms with E-state index >= 15 is 0 Å². The van der Waals surface area contributed by atoms with Gasteiger partial charge in [0.25, 0.3) is 0 Å². The van der Waals surface area contributed by atoms with Gasteiger partial charge in [0, 0.05) is 0 Å². The molecular weight excluding hydrogens is 300 g/mol. The second-order valence-electron chi connectivity index (χ2n) is 4.91. The number of hydrogen-bond donors (Lipinski definition) is 3. The van der Waals surface area contributed by atoms with Crippen LogP contribution in [-0.2, 0) is 0 Å². The third-order valence-electron chi connectivity index (χ3n) is 3.57. The first-order chi connectivity index (χ1) is 11.0. The predicted molar refractivity (Wildman–Crippen MR) is 83.5 cm³/mol. The molecule has 0 aromatic heterocycles. The standard InChI is InChI=1S/C17H18O6/c1-22-11-4-5-14(19)12(8-11)17(21)13(9-18)10-3-6-16(23-2)15(20)7-10/h3-8,13,18-20H,9H2,1-2H3/t13-/m1/s1. The average Bonchev–Trinajstić information content (AvgIpc) is 2.56. The fraction of sp³-hybridized carbons (Fsp3) is 0.235. The van der Waals surface area contributed by atoms with E-state index in [0.29, 0.717) is 11.3 Å². The van der Waals surface area contributed by atoms with Crippen LogP contribution in [-0.4, -0.2) is 41.9 Å². The molecule has 6 heteroatoms. The third-order valence-corrected chi connectivity index (χ3v) is 3.57. The summed E-state index contributed by atoms with van der Waals surface area (Å²) in [4.78, 5) is 12.6. The molecule has 0 radical (unpaired) electrons. The van der Waals surface area contributed by atoms with E-state index in [4.69, 9.17) is 9.47 Å². The highest BCUT2D eigenvalue weighted by molar-refractivity contribution is 6.03. The number of hydrogen-bond acceptors (Lipinski definition) is 6. The van der Waals surface area contributed by atoms with Gasteiger partial charge >= 0.3 is 0 Å². The van der Waals surface area contributed by atoms with Crippen molar-refractivity contribution in [2.24, 2.45) is 0 Å². The van der Waals surface area contributed by atoms with Crippen molar-refractivity contribution in [2.45, 2.75) is 5.92 Å². The molecule has 0 amide bonds. The lowest BCUT2D eigenvalue weighted by Gasteiger charge is -2.16. The molecule has 23 heavy (non-hydrogen) atoms. The van der Waals surface area contributed by atoms with Gasteiger partial charge in [-0.3, -0.25) is 4.79 Å². The van der Waals surface area contributed by atoms with E-state index in [1.54, 1.807) is 6.07 Å². The van der Waals surface area contributed by atoms with Crippen molar-refractivity contribution in [2.75, 3.05) is 20.8 Å². The molecule has 0 heterocycles. The monoisotopic (exact) mass is 318 g/mol. The number of phenols is 2. The largest absolute Gasteiger partial charge is 0.507 e. The zero-order chi connectivity index (χ0) is 17.0. The number of Topliss-reactive ketones (excluding diaryl/α,β-unsaturated/α-hetero) is 1. The van der Waals surface area contributed by atoms with Gasteiger partial charge in [-0.25, -0.2) is 0 Å². The maximum Gasteiger partial charge on any atom is 0.176 e. The molecule has 0 saturated heterocycles. The summed E-state index contributed by atoms with van der Waals surface area (Å²) in [6.45, 7) is -0.471. The van der Waals surface area contributed by atoms with E-state index in [9.17, 15) is 20.1 Å². The summed E-state index contributed by atoms with van der Waals surface area (Å²) in [7, 11) is 2.86. The molecule has 2 rings (SSSR count). The normalized spacial score (nSPS) is 11.8. The minimum atomic E-state index is -0.926. The lowest BCUT2D eigenvalue weighted by molar-refractivity contribution is 0.0919. The van der Waals surface area contributed by atoms with Gasteiger partial charge in [-0.1, -0.05) is 6.07 Å². The van der Waals surface area contributed by atoms with E-state index in [0.717, 1.165) is 0 Å². The zero-order valence-electron chi connectivity index (χ0n) is 12.8. The summed E-state index contributed by atoms with van der Waals surface area (Å²) in [6, 6.07) is 8.73. The number of benzene rings is 2. The number of carbonyl (C=O) groups is 1. The van der Waals surface area contributed by atoms with Crippen LogP contribution in [0.1, 0.15) is 21.8 Å². The molecule has 122 valence electrons. The Labute approximate surface area is 133 Å². The first-order valence-corrected chi connectivity index (χ1v) is 6.90. The van der Waals surface area contributed by atoms with E-state index < -0.39 is 18.3 Å². The second kappa shape index (κ2) is 7.02. The van der Waals surface area contributed by atoms with Crippen molar-refractivity contribution in [3.63, 3.8) is 0 Å². The van der Waals surface area contributed by atoms with Gasteiger partial charge in [-0.2, -0.15) is 0 Å². The van der Waals surface area contributed by atoms with Crippen LogP contribution in [0.4, 0.5) is 0 Å². The Hall–Kier alpha value is -2.73. The summed E-state index contributed by atoms with van der Waals surface area (Å²) < 4.78 is 10.0. The first-order valence-electron chi connectivity index (χ1n) is 6.90. The van der Waals surface area contributed by atoms with E-state index in [1.165, 1.54) is 44.6 Å². The quantitative estimate of drug-likeness (QED) is 0.706. The molecule has 2 aromatic carbocycles. The van der Waals surface area contributed by atoms with Crippen LogP contribution in [0.15, 0.2) is 36.4 Å². The van der Waals surface area contributed by atoms with Crippen LogP contribution >= 0.6 is 0 Å². The van der Waals surface area contributed by atoms with E-state index in [1.807, 2.05) is 0 Å². The van der Waals surface area contributed by atoms with Crippen molar-refractivity contribution >= 4 is 5.78 Å². The minimum Gasteiger partial charge on any atom is -0.507 e. The number of aromatic hydroxyl groups is 2. The number of ether oxygens (including phenoxy) is 2. The molecule has 0 spiro atoms. The van der Waals surface area contributed by atoms with Crippen molar-refractivity contribution in [1.29, 1.82) is 0 Å². The highest BCUT2D eigenvalue weighted by Crippen LogP contribution is 2.33. The number of aliphatic hydroxyl groups excluding tert-OH is 1. The maximum atomic E-state index is 12.6. The van der Waals surface area contributed by atoms with Crippen molar-refractivity contribution in [3.8, 4) is 23.0 Å². The van der Waals surface area contributed by atoms with Gasteiger partial charge in [0.2, 0.25) is 0 Å². The average molecular weight is 318 g/mol. The summed E-state index contributed by atoms with van der Waals surface area (Å²) in [5, 5.41) is 29.3. The van der Waals surface area contributed by atoms with Crippen molar-refractivity contribution in [1.82, 2.24) is 0 Å². The highest BCUT2D eigenvalue weighted by Gasteiger charge is 2.25. The maximum absolute atomic E-state index is 12.6. The Kier molecular flexibility index (Phi) is 5.08. The molecule has 6 nitrogen and oxygen atoms in total. The smallest absolute Gasteiger partial charge is 0.176 e. The van der Waals surface area contributed by atoms with Gasteiger partial charge < -0.3 is 24.8 Å². The SMILES string of the molecule is COc1ccc(O)c(C(=O)[C@H](CO)c2ccc(OC)c(O)c2)c1. The molecule has 2 aromatic rings. The first kappa shape index (κ1) is 16.6. The lowest BCUT2D eigenvalue weighted by atomic mass is 9.90. The van der Waals surface area contributed by atoms with Crippen LogP contribution in [0.2, 0.25) is 0 Å². The van der Waals surface area contributed by atoms with Gasteiger partial charge in [-0.15, -0.1) is 0 Å². The molecule has 0 aliphatic heterocycles. The van der Waals surface area contributed by atoms with Crippen LogP contribution in [0, 0.1) is 0 Å². The van der Waals surface area contributed by atoms with Crippen molar-refractivity contribution in [3.05, 3.63) is 47.5 Å². The molecule has 0 aliphatic carbocycles. The summed E-state index contributed by atoms with van der Waals surface area (Å²) >= 11 is 0. The van der Waals surface area contributed by atoms with E-state index in [2.05, 4.69) is 0 Å². The van der Waals surface area contributed by atoms with Gasteiger partial charge in [0.1, 0.15) is 11.5 Å². The molecular formula is C17H18O6. The predicted octanol–water partition coefficient (Wildman–Crippen LogP) is 2.07. The number of rotatable bonds is 6. The number of aliphatic hydroxyl groups is 1. The number of ketones is 1. The Morgan fingerprint density at radius 1 is 1.04 bits per heavy atom. The van der Waals surface area contributed by atoms with Crippen LogP contribution in [0.25, 0.3) is 0 Å². The topological polar surface area (TPSA) is 96.2 Å². The molecule has 0 bridgehead atoms. The molecule has 0 saturated carbocycles.